The molecule has 1 aliphatic rings. The van der Waals surface area contributed by atoms with Crippen LogP contribution in [-0.2, 0) is 4.74 Å². The molecule has 1 heterocycles. The fourth-order valence-electron chi connectivity index (χ4n) is 3.18. The standard InChI is InChI=1S/C18H28N2O3/c1-13-8-14(2)10-15(9-13)18(22)19-16-4-6-20(7-5-16)11-17(21)12-23-3/h8-10,16-17,21H,4-7,11-12H2,1-3H3,(H,19,22). The second-order valence-corrected chi connectivity index (χ2v) is 6.53. The molecule has 1 saturated heterocycles. The van der Waals surface area contributed by atoms with Gasteiger partial charge in [-0.3, -0.25) is 4.79 Å². The molecule has 0 saturated carbocycles. The maximum absolute atomic E-state index is 12.4. The first-order valence-electron chi connectivity index (χ1n) is 8.26. The minimum atomic E-state index is -0.443. The summed E-state index contributed by atoms with van der Waals surface area (Å²) in [5, 5.41) is 12.9. The quantitative estimate of drug-likeness (QED) is 0.834. The van der Waals surface area contributed by atoms with E-state index < -0.39 is 6.10 Å². The Labute approximate surface area is 138 Å². The number of hydrogen-bond donors (Lipinski definition) is 2. The minimum Gasteiger partial charge on any atom is -0.389 e. The Morgan fingerprint density at radius 1 is 1.30 bits per heavy atom. The van der Waals surface area contributed by atoms with Crippen molar-refractivity contribution in [3.8, 4) is 0 Å². The van der Waals surface area contributed by atoms with Crippen molar-refractivity contribution >= 4 is 5.91 Å². The molecule has 2 rings (SSSR count). The van der Waals surface area contributed by atoms with Crippen LogP contribution in [-0.4, -0.2) is 61.4 Å². The van der Waals surface area contributed by atoms with E-state index in [-0.39, 0.29) is 11.9 Å². The van der Waals surface area contributed by atoms with Crippen molar-refractivity contribution in [3.63, 3.8) is 0 Å². The van der Waals surface area contributed by atoms with Crippen LogP contribution in [0.5, 0.6) is 0 Å². The van der Waals surface area contributed by atoms with E-state index >= 15 is 0 Å². The third-order valence-electron chi connectivity index (χ3n) is 4.23. The number of rotatable bonds is 6. The maximum Gasteiger partial charge on any atom is 0.251 e. The lowest BCUT2D eigenvalue weighted by Crippen LogP contribution is -2.47. The molecule has 1 aromatic carbocycles. The summed E-state index contributed by atoms with van der Waals surface area (Å²) in [5.41, 5.74) is 2.95. The van der Waals surface area contributed by atoms with E-state index in [1.54, 1.807) is 7.11 Å². The molecule has 5 nitrogen and oxygen atoms in total. The van der Waals surface area contributed by atoms with Crippen LogP contribution in [0.3, 0.4) is 0 Å². The first kappa shape index (κ1) is 17.9. The number of β-amino-alcohol motifs (C(OH)–C–C–N with tert-alkyl or cyclic N) is 1. The van der Waals surface area contributed by atoms with Crippen LogP contribution < -0.4 is 5.32 Å². The zero-order valence-electron chi connectivity index (χ0n) is 14.3. The topological polar surface area (TPSA) is 61.8 Å². The van der Waals surface area contributed by atoms with Gasteiger partial charge in [0, 0.05) is 38.3 Å². The number of carbonyl (C=O) groups excluding carboxylic acids is 1. The van der Waals surface area contributed by atoms with Gasteiger partial charge in [-0.25, -0.2) is 0 Å². The van der Waals surface area contributed by atoms with Gasteiger partial charge in [0.25, 0.3) is 5.91 Å². The Kier molecular flexibility index (Phi) is 6.57. The summed E-state index contributed by atoms with van der Waals surface area (Å²) in [6.07, 6.45) is 1.38. The fourth-order valence-corrected chi connectivity index (χ4v) is 3.18. The highest BCUT2D eigenvalue weighted by Crippen LogP contribution is 2.13. The van der Waals surface area contributed by atoms with E-state index in [4.69, 9.17) is 4.74 Å². The summed E-state index contributed by atoms with van der Waals surface area (Å²) in [6, 6.07) is 6.14. The van der Waals surface area contributed by atoms with Gasteiger partial charge in [0.05, 0.1) is 12.7 Å². The summed E-state index contributed by atoms with van der Waals surface area (Å²) >= 11 is 0. The summed E-state index contributed by atoms with van der Waals surface area (Å²) in [4.78, 5) is 14.6. The third kappa shape index (κ3) is 5.61. The molecule has 0 bridgehead atoms. The van der Waals surface area contributed by atoms with Crippen LogP contribution >= 0.6 is 0 Å². The largest absolute Gasteiger partial charge is 0.389 e. The van der Waals surface area contributed by atoms with Crippen molar-refractivity contribution in [3.05, 3.63) is 34.9 Å². The second kappa shape index (κ2) is 8.43. The Balaban J connectivity index is 1.80. The average molecular weight is 320 g/mol. The number of benzene rings is 1. The van der Waals surface area contributed by atoms with Crippen molar-refractivity contribution in [1.29, 1.82) is 0 Å². The van der Waals surface area contributed by atoms with Crippen LogP contribution in [0, 0.1) is 13.8 Å². The molecule has 1 amide bonds. The Bertz CT molecular complexity index is 505. The molecule has 1 fully saturated rings. The van der Waals surface area contributed by atoms with E-state index in [1.807, 2.05) is 26.0 Å². The maximum atomic E-state index is 12.4. The number of nitrogens with one attached hydrogen (secondary N) is 1. The predicted molar refractivity (Wildman–Crippen MR) is 90.7 cm³/mol. The van der Waals surface area contributed by atoms with Crippen molar-refractivity contribution in [2.24, 2.45) is 0 Å². The van der Waals surface area contributed by atoms with E-state index in [9.17, 15) is 9.90 Å². The van der Waals surface area contributed by atoms with Crippen LogP contribution in [0.15, 0.2) is 18.2 Å². The Morgan fingerprint density at radius 3 is 2.48 bits per heavy atom. The first-order chi connectivity index (χ1) is 11.0. The highest BCUT2D eigenvalue weighted by Gasteiger charge is 2.22. The van der Waals surface area contributed by atoms with Gasteiger partial charge in [-0.1, -0.05) is 17.2 Å². The summed E-state index contributed by atoms with van der Waals surface area (Å²) in [6.45, 7) is 6.78. The number of likely N-dealkylation sites (tertiary alicyclic amines) is 1. The number of piperidine rings is 1. The zero-order valence-corrected chi connectivity index (χ0v) is 14.3. The minimum absolute atomic E-state index is 0.00895. The number of hydrogen-bond acceptors (Lipinski definition) is 4. The average Bonchev–Trinajstić information content (AvgIpc) is 2.48. The smallest absolute Gasteiger partial charge is 0.251 e. The summed E-state index contributed by atoms with van der Waals surface area (Å²) in [7, 11) is 1.60. The number of aliphatic hydroxyl groups is 1. The van der Waals surface area contributed by atoms with Gasteiger partial charge in [-0.2, -0.15) is 0 Å². The van der Waals surface area contributed by atoms with Crippen LogP contribution in [0.4, 0.5) is 0 Å². The Hall–Kier alpha value is -1.43. The SMILES string of the molecule is COCC(O)CN1CCC(NC(=O)c2cc(C)cc(C)c2)CC1. The zero-order chi connectivity index (χ0) is 16.8. The first-order valence-corrected chi connectivity index (χ1v) is 8.26. The lowest BCUT2D eigenvalue weighted by Gasteiger charge is -2.33. The van der Waals surface area contributed by atoms with Gasteiger partial charge in [0.15, 0.2) is 0 Å². The number of carbonyl (C=O) groups is 1. The molecule has 0 radical (unpaired) electrons. The number of methoxy groups -OCH3 is 1. The van der Waals surface area contributed by atoms with Gasteiger partial charge in [0.1, 0.15) is 0 Å². The molecule has 128 valence electrons. The van der Waals surface area contributed by atoms with Crippen molar-refractivity contribution in [1.82, 2.24) is 10.2 Å². The van der Waals surface area contributed by atoms with Crippen LogP contribution in [0.25, 0.3) is 0 Å². The monoisotopic (exact) mass is 320 g/mol. The fraction of sp³-hybridized carbons (Fsp3) is 0.611. The van der Waals surface area contributed by atoms with Gasteiger partial charge in [0.2, 0.25) is 0 Å². The molecular weight excluding hydrogens is 292 g/mol. The van der Waals surface area contributed by atoms with Crippen LogP contribution in [0.1, 0.15) is 34.3 Å². The number of aliphatic hydroxyl groups excluding tert-OH is 1. The van der Waals surface area contributed by atoms with Crippen molar-refractivity contribution in [2.75, 3.05) is 33.4 Å². The Morgan fingerprint density at radius 2 is 1.91 bits per heavy atom. The van der Waals surface area contributed by atoms with Gasteiger partial charge in [-0.05, 0) is 38.8 Å². The molecule has 1 atom stereocenters. The molecule has 1 aliphatic heterocycles. The summed E-state index contributed by atoms with van der Waals surface area (Å²) < 4.78 is 4.95. The van der Waals surface area contributed by atoms with Crippen molar-refractivity contribution in [2.45, 2.75) is 38.8 Å². The molecule has 0 spiro atoms. The number of ether oxygens (including phenoxy) is 1. The van der Waals surface area contributed by atoms with Gasteiger partial charge >= 0.3 is 0 Å². The lowest BCUT2D eigenvalue weighted by atomic mass is 10.0. The second-order valence-electron chi connectivity index (χ2n) is 6.53. The predicted octanol–water partition coefficient (Wildman–Crippen LogP) is 1.50. The molecule has 2 N–H and O–H groups in total. The van der Waals surface area contributed by atoms with E-state index in [0.717, 1.165) is 42.6 Å². The number of nitrogens with zero attached hydrogens (tertiary/aromatic N) is 1. The molecule has 1 aromatic rings. The molecular formula is C18H28N2O3. The molecule has 1 unspecified atom stereocenters. The van der Waals surface area contributed by atoms with Crippen molar-refractivity contribution < 1.29 is 14.6 Å². The van der Waals surface area contributed by atoms with E-state index in [2.05, 4.69) is 16.3 Å². The molecule has 5 heteroatoms. The molecule has 23 heavy (non-hydrogen) atoms. The molecule has 0 aromatic heterocycles. The van der Waals surface area contributed by atoms with Gasteiger partial charge < -0.3 is 20.1 Å². The van der Waals surface area contributed by atoms with Crippen LogP contribution in [0.2, 0.25) is 0 Å². The van der Waals surface area contributed by atoms with Gasteiger partial charge in [-0.15, -0.1) is 0 Å². The normalized spacial score (nSPS) is 17.9. The third-order valence-corrected chi connectivity index (χ3v) is 4.23. The lowest BCUT2D eigenvalue weighted by molar-refractivity contribution is 0.0309. The molecule has 0 aliphatic carbocycles. The number of amides is 1. The number of aryl methyl sites for hydroxylation is 2. The highest BCUT2D eigenvalue weighted by molar-refractivity contribution is 5.94. The highest BCUT2D eigenvalue weighted by atomic mass is 16.5. The van der Waals surface area contributed by atoms with E-state index in [0.29, 0.717) is 13.2 Å². The summed E-state index contributed by atoms with van der Waals surface area (Å²) in [5.74, 6) is 0.00895. The van der Waals surface area contributed by atoms with E-state index in [1.165, 1.54) is 0 Å².